The fraction of sp³-hybridized carbons (Fsp3) is 0.455. The third kappa shape index (κ3) is 1.46. The van der Waals surface area contributed by atoms with Gasteiger partial charge in [0.15, 0.2) is 0 Å². The lowest BCUT2D eigenvalue weighted by atomic mass is 9.91. The van der Waals surface area contributed by atoms with Crippen LogP contribution in [0.5, 0.6) is 0 Å². The summed E-state index contributed by atoms with van der Waals surface area (Å²) in [5, 5.41) is 3.33. The number of hydrogen-bond donors (Lipinski definition) is 1. The van der Waals surface area contributed by atoms with E-state index in [1.807, 2.05) is 6.92 Å². The molecule has 1 nitrogen and oxygen atoms in total. The highest BCUT2D eigenvalue weighted by Gasteiger charge is 2.17. The zero-order chi connectivity index (χ0) is 9.42. The lowest BCUT2D eigenvalue weighted by Crippen LogP contribution is -2.28. The summed E-state index contributed by atoms with van der Waals surface area (Å²) in [6.45, 7) is 5.07. The molecular formula is C11H14FN. The van der Waals surface area contributed by atoms with Crippen molar-refractivity contribution in [3.8, 4) is 0 Å². The highest BCUT2D eigenvalue weighted by atomic mass is 19.1. The van der Waals surface area contributed by atoms with Crippen molar-refractivity contribution in [3.05, 3.63) is 34.6 Å². The second-order valence-corrected chi connectivity index (χ2v) is 3.72. The van der Waals surface area contributed by atoms with Gasteiger partial charge in [-0.1, -0.05) is 0 Å². The van der Waals surface area contributed by atoms with E-state index in [4.69, 9.17) is 0 Å². The maximum atomic E-state index is 13.1. The molecule has 1 aromatic carbocycles. The molecule has 70 valence electrons. The monoisotopic (exact) mass is 179 g/mol. The number of fused-ring (bicyclic) bond motifs is 1. The molecule has 1 aliphatic rings. The van der Waals surface area contributed by atoms with Crippen LogP contribution in [0.1, 0.15) is 29.7 Å². The molecule has 13 heavy (non-hydrogen) atoms. The zero-order valence-electron chi connectivity index (χ0n) is 8.02. The molecule has 0 amide bonds. The summed E-state index contributed by atoms with van der Waals surface area (Å²) in [4.78, 5) is 0. The predicted octanol–water partition coefficient (Wildman–Crippen LogP) is 2.34. The minimum atomic E-state index is -0.119. The summed E-state index contributed by atoms with van der Waals surface area (Å²) in [6, 6.07) is 3.56. The van der Waals surface area contributed by atoms with E-state index in [0.717, 1.165) is 24.1 Å². The second kappa shape index (κ2) is 3.11. The van der Waals surface area contributed by atoms with Gasteiger partial charge in [0, 0.05) is 6.04 Å². The summed E-state index contributed by atoms with van der Waals surface area (Å²) in [6.07, 6.45) is 1.02. The van der Waals surface area contributed by atoms with Gasteiger partial charge in [-0.15, -0.1) is 0 Å². The molecule has 1 unspecified atom stereocenters. The van der Waals surface area contributed by atoms with Gasteiger partial charge in [0.1, 0.15) is 5.82 Å². The normalized spacial score (nSPS) is 21.3. The number of halogens is 1. The molecule has 0 saturated carbocycles. The molecule has 1 aromatic rings. The van der Waals surface area contributed by atoms with Gasteiger partial charge in [0.2, 0.25) is 0 Å². The van der Waals surface area contributed by atoms with Crippen LogP contribution in [0, 0.1) is 12.7 Å². The number of rotatable bonds is 0. The molecule has 1 heterocycles. The van der Waals surface area contributed by atoms with Crippen LogP contribution in [-0.4, -0.2) is 6.54 Å². The molecule has 0 bridgehead atoms. The molecular weight excluding hydrogens is 165 g/mol. The van der Waals surface area contributed by atoms with Crippen LogP contribution in [0.2, 0.25) is 0 Å². The summed E-state index contributed by atoms with van der Waals surface area (Å²) in [5.41, 5.74) is 3.54. The molecule has 0 radical (unpaired) electrons. The van der Waals surface area contributed by atoms with Crippen molar-refractivity contribution in [2.45, 2.75) is 26.3 Å². The van der Waals surface area contributed by atoms with Crippen molar-refractivity contribution in [1.29, 1.82) is 0 Å². The van der Waals surface area contributed by atoms with Crippen LogP contribution in [-0.2, 0) is 6.42 Å². The summed E-state index contributed by atoms with van der Waals surface area (Å²) < 4.78 is 13.1. The van der Waals surface area contributed by atoms with Crippen molar-refractivity contribution < 1.29 is 4.39 Å². The molecule has 0 spiro atoms. The van der Waals surface area contributed by atoms with E-state index >= 15 is 0 Å². The molecule has 1 N–H and O–H groups in total. The van der Waals surface area contributed by atoms with E-state index in [9.17, 15) is 4.39 Å². The summed E-state index contributed by atoms with van der Waals surface area (Å²) in [7, 11) is 0. The lowest BCUT2D eigenvalue weighted by molar-refractivity contribution is 0.530. The fourth-order valence-electron chi connectivity index (χ4n) is 2.05. The Morgan fingerprint density at radius 2 is 2.23 bits per heavy atom. The third-order valence-electron chi connectivity index (χ3n) is 2.76. The average molecular weight is 179 g/mol. The van der Waals surface area contributed by atoms with Crippen LogP contribution in [0.25, 0.3) is 0 Å². The number of aryl methyl sites for hydroxylation is 1. The van der Waals surface area contributed by atoms with Crippen LogP contribution >= 0.6 is 0 Å². The molecule has 2 rings (SSSR count). The quantitative estimate of drug-likeness (QED) is 0.644. The van der Waals surface area contributed by atoms with Crippen molar-refractivity contribution >= 4 is 0 Å². The van der Waals surface area contributed by atoms with Gasteiger partial charge in [-0.2, -0.15) is 0 Å². The molecule has 0 aromatic heterocycles. The third-order valence-corrected chi connectivity index (χ3v) is 2.76. The van der Waals surface area contributed by atoms with Crippen LogP contribution < -0.4 is 5.32 Å². The topological polar surface area (TPSA) is 12.0 Å². The summed E-state index contributed by atoms with van der Waals surface area (Å²) in [5.74, 6) is -0.119. The minimum Gasteiger partial charge on any atom is -0.310 e. The zero-order valence-corrected chi connectivity index (χ0v) is 8.02. The van der Waals surface area contributed by atoms with Crippen molar-refractivity contribution in [1.82, 2.24) is 5.32 Å². The van der Waals surface area contributed by atoms with Crippen molar-refractivity contribution in [3.63, 3.8) is 0 Å². The van der Waals surface area contributed by atoms with Crippen molar-refractivity contribution in [2.24, 2.45) is 0 Å². The van der Waals surface area contributed by atoms with E-state index in [1.54, 1.807) is 12.1 Å². The highest BCUT2D eigenvalue weighted by molar-refractivity contribution is 5.38. The van der Waals surface area contributed by atoms with Gasteiger partial charge >= 0.3 is 0 Å². The first-order valence-corrected chi connectivity index (χ1v) is 4.71. The number of nitrogens with one attached hydrogen (secondary N) is 1. The largest absolute Gasteiger partial charge is 0.310 e. The SMILES string of the molecule is Cc1cc(F)cc2c1CCNC2C. The molecule has 2 heteroatoms. The van der Waals surface area contributed by atoms with Gasteiger partial charge < -0.3 is 5.32 Å². The van der Waals surface area contributed by atoms with Gasteiger partial charge in [0.05, 0.1) is 0 Å². The molecule has 0 aliphatic carbocycles. The van der Waals surface area contributed by atoms with Gasteiger partial charge in [-0.05, 0) is 55.6 Å². The van der Waals surface area contributed by atoms with E-state index in [0.29, 0.717) is 0 Å². The van der Waals surface area contributed by atoms with Gasteiger partial charge in [0.25, 0.3) is 0 Å². The predicted molar refractivity (Wildman–Crippen MR) is 51.3 cm³/mol. The Bertz CT molecular complexity index is 333. The Kier molecular flexibility index (Phi) is 2.08. The van der Waals surface area contributed by atoms with Gasteiger partial charge in [-0.3, -0.25) is 0 Å². The fourth-order valence-corrected chi connectivity index (χ4v) is 2.05. The smallest absolute Gasteiger partial charge is 0.123 e. The highest BCUT2D eigenvalue weighted by Crippen LogP contribution is 2.26. The van der Waals surface area contributed by atoms with E-state index in [2.05, 4.69) is 12.2 Å². The standard InChI is InChI=1S/C11H14FN/c1-7-5-9(12)6-11-8(2)13-4-3-10(7)11/h5-6,8,13H,3-4H2,1-2H3. The van der Waals surface area contributed by atoms with Crippen LogP contribution in [0.3, 0.4) is 0 Å². The summed E-state index contributed by atoms with van der Waals surface area (Å²) >= 11 is 0. The minimum absolute atomic E-state index is 0.119. The number of benzene rings is 1. The molecule has 1 atom stereocenters. The van der Waals surface area contributed by atoms with Crippen LogP contribution in [0.15, 0.2) is 12.1 Å². The van der Waals surface area contributed by atoms with E-state index in [-0.39, 0.29) is 11.9 Å². The Balaban J connectivity index is 2.56. The first-order valence-electron chi connectivity index (χ1n) is 4.71. The Labute approximate surface area is 78.0 Å². The molecule has 0 fully saturated rings. The molecule has 0 saturated heterocycles. The second-order valence-electron chi connectivity index (χ2n) is 3.72. The first-order chi connectivity index (χ1) is 6.18. The maximum absolute atomic E-state index is 13.1. The Morgan fingerprint density at radius 1 is 1.46 bits per heavy atom. The van der Waals surface area contributed by atoms with Crippen molar-refractivity contribution in [2.75, 3.05) is 6.54 Å². The Morgan fingerprint density at radius 3 is 3.00 bits per heavy atom. The van der Waals surface area contributed by atoms with E-state index in [1.165, 1.54) is 5.56 Å². The lowest BCUT2D eigenvalue weighted by Gasteiger charge is -2.25. The van der Waals surface area contributed by atoms with E-state index < -0.39 is 0 Å². The number of hydrogen-bond acceptors (Lipinski definition) is 1. The first kappa shape index (κ1) is 8.70. The average Bonchev–Trinajstić information content (AvgIpc) is 2.07. The van der Waals surface area contributed by atoms with Gasteiger partial charge in [-0.25, -0.2) is 4.39 Å². The Hall–Kier alpha value is -0.890. The van der Waals surface area contributed by atoms with Crippen LogP contribution in [0.4, 0.5) is 4.39 Å². The maximum Gasteiger partial charge on any atom is 0.123 e. The molecule has 1 aliphatic heterocycles.